The van der Waals surface area contributed by atoms with Crippen molar-refractivity contribution in [1.29, 1.82) is 0 Å². The van der Waals surface area contributed by atoms with Crippen LogP contribution in [0.1, 0.15) is 18.8 Å². The molecule has 1 heterocycles. The number of benzene rings is 1. The number of hydrogen-bond acceptors (Lipinski definition) is 3. The minimum Gasteiger partial charge on any atom is -0.345 e. The number of carbonyl (C=O) groups is 1. The van der Waals surface area contributed by atoms with Crippen LogP contribution < -0.4 is 10.6 Å². The lowest BCUT2D eigenvalue weighted by molar-refractivity contribution is -0.120. The van der Waals surface area contributed by atoms with E-state index < -0.39 is 0 Å². The quantitative estimate of drug-likeness (QED) is 0.904. The third-order valence-corrected chi connectivity index (χ3v) is 2.92. The van der Waals surface area contributed by atoms with E-state index in [0.29, 0.717) is 6.54 Å². The maximum atomic E-state index is 11.5. The smallest absolute Gasteiger partial charge is 0.234 e. The molecule has 7 heteroatoms. The molecule has 1 aromatic carbocycles. The van der Waals surface area contributed by atoms with Crippen molar-refractivity contribution in [1.82, 2.24) is 20.2 Å². The van der Waals surface area contributed by atoms with Crippen LogP contribution in [-0.4, -0.2) is 29.1 Å². The molecule has 0 bridgehead atoms. The number of carbonyl (C=O) groups excluding carboxylic acids is 1. The molecule has 1 amide bonds. The van der Waals surface area contributed by atoms with Crippen molar-refractivity contribution < 1.29 is 4.79 Å². The number of amides is 1. The predicted octanol–water partition coefficient (Wildman–Crippen LogP) is 1.81. The Hall–Kier alpha value is -1.30. The zero-order valence-electron chi connectivity index (χ0n) is 11.7. The Morgan fingerprint density at radius 3 is 2.60 bits per heavy atom. The van der Waals surface area contributed by atoms with Gasteiger partial charge in [0.25, 0.3) is 0 Å². The maximum Gasteiger partial charge on any atom is 0.234 e. The molecule has 20 heavy (non-hydrogen) atoms. The van der Waals surface area contributed by atoms with E-state index in [1.54, 1.807) is 7.05 Å². The summed E-state index contributed by atoms with van der Waals surface area (Å²) in [5.74, 6) is 0.831. The number of rotatable bonds is 4. The zero-order valence-corrected chi connectivity index (χ0v) is 13.3. The average molecular weight is 319 g/mol. The summed E-state index contributed by atoms with van der Waals surface area (Å²) in [7, 11) is 3.71. The minimum absolute atomic E-state index is 0. The lowest BCUT2D eigenvalue weighted by Gasteiger charge is -2.13. The zero-order chi connectivity index (χ0) is 13.1. The van der Waals surface area contributed by atoms with Gasteiger partial charge in [-0.25, -0.2) is 4.98 Å². The van der Waals surface area contributed by atoms with Crippen molar-refractivity contribution >= 4 is 41.8 Å². The molecular weight excluding hydrogens is 299 g/mol. The molecule has 2 aromatic rings. The van der Waals surface area contributed by atoms with E-state index in [1.165, 1.54) is 0 Å². The van der Waals surface area contributed by atoms with E-state index in [1.807, 2.05) is 42.8 Å². The Morgan fingerprint density at radius 2 is 2.00 bits per heavy atom. The third-order valence-electron chi connectivity index (χ3n) is 2.92. The van der Waals surface area contributed by atoms with E-state index >= 15 is 0 Å². The van der Waals surface area contributed by atoms with Crippen LogP contribution in [0.4, 0.5) is 0 Å². The molecule has 0 saturated carbocycles. The molecule has 2 rings (SSSR count). The van der Waals surface area contributed by atoms with E-state index in [0.717, 1.165) is 16.9 Å². The first-order chi connectivity index (χ1) is 8.63. The van der Waals surface area contributed by atoms with Crippen LogP contribution in [-0.2, 0) is 11.8 Å². The largest absolute Gasteiger partial charge is 0.345 e. The molecule has 0 fully saturated rings. The molecular formula is C13H20Cl2N4O. The van der Waals surface area contributed by atoms with Gasteiger partial charge in [0, 0.05) is 7.05 Å². The summed E-state index contributed by atoms with van der Waals surface area (Å²) >= 11 is 0. The predicted molar refractivity (Wildman–Crippen MR) is 85.7 cm³/mol. The van der Waals surface area contributed by atoms with Crippen molar-refractivity contribution in [3.8, 4) is 0 Å². The molecule has 1 unspecified atom stereocenters. The van der Waals surface area contributed by atoms with Crippen molar-refractivity contribution in [3.05, 3.63) is 30.1 Å². The second-order valence-electron chi connectivity index (χ2n) is 4.34. The summed E-state index contributed by atoms with van der Waals surface area (Å²) in [5, 5.41) is 5.74. The molecule has 1 atom stereocenters. The first-order valence-corrected chi connectivity index (χ1v) is 5.98. The van der Waals surface area contributed by atoms with Crippen molar-refractivity contribution in [2.45, 2.75) is 13.0 Å². The van der Waals surface area contributed by atoms with E-state index in [9.17, 15) is 4.79 Å². The fraction of sp³-hybridized carbons (Fsp3) is 0.385. The fourth-order valence-corrected chi connectivity index (χ4v) is 2.07. The summed E-state index contributed by atoms with van der Waals surface area (Å²) in [5.41, 5.74) is 2.02. The van der Waals surface area contributed by atoms with Crippen LogP contribution in [0, 0.1) is 0 Å². The third kappa shape index (κ3) is 3.85. The lowest BCUT2D eigenvalue weighted by Crippen LogP contribution is -2.34. The monoisotopic (exact) mass is 318 g/mol. The highest BCUT2D eigenvalue weighted by atomic mass is 35.5. The summed E-state index contributed by atoms with van der Waals surface area (Å²) in [4.78, 5) is 16.1. The number of nitrogens with one attached hydrogen (secondary N) is 2. The first-order valence-electron chi connectivity index (χ1n) is 5.98. The first kappa shape index (κ1) is 18.7. The van der Waals surface area contributed by atoms with E-state index in [-0.39, 0.29) is 36.8 Å². The molecule has 0 aliphatic carbocycles. The van der Waals surface area contributed by atoms with Crippen LogP contribution >= 0.6 is 24.8 Å². The maximum absolute atomic E-state index is 11.5. The van der Waals surface area contributed by atoms with Gasteiger partial charge in [-0.15, -0.1) is 24.8 Å². The number of nitrogens with zero attached hydrogens (tertiary/aromatic N) is 2. The minimum atomic E-state index is -0.108. The molecule has 112 valence electrons. The van der Waals surface area contributed by atoms with Gasteiger partial charge in [-0.2, -0.15) is 0 Å². The van der Waals surface area contributed by atoms with Gasteiger partial charge in [-0.05, 0) is 26.1 Å². The summed E-state index contributed by atoms with van der Waals surface area (Å²) in [6.45, 7) is 2.25. The lowest BCUT2D eigenvalue weighted by atomic mass is 10.3. The Kier molecular flexibility index (Phi) is 7.57. The number of aromatic nitrogens is 2. The Bertz CT molecular complexity index is 570. The number of para-hydroxylation sites is 2. The summed E-state index contributed by atoms with van der Waals surface area (Å²) < 4.78 is 2.01. The fourth-order valence-electron chi connectivity index (χ4n) is 2.07. The number of imidazole rings is 1. The number of aryl methyl sites for hydroxylation is 1. The highest BCUT2D eigenvalue weighted by Crippen LogP contribution is 2.18. The van der Waals surface area contributed by atoms with E-state index in [4.69, 9.17) is 0 Å². The molecule has 0 aliphatic rings. The van der Waals surface area contributed by atoms with Crippen LogP contribution in [0.25, 0.3) is 11.0 Å². The normalized spacial score (nSPS) is 11.3. The number of halogens is 2. The molecule has 0 saturated heterocycles. The van der Waals surface area contributed by atoms with Crippen LogP contribution in [0.15, 0.2) is 24.3 Å². The Morgan fingerprint density at radius 1 is 1.35 bits per heavy atom. The Labute approximate surface area is 131 Å². The van der Waals surface area contributed by atoms with Crippen molar-refractivity contribution in [2.24, 2.45) is 7.05 Å². The van der Waals surface area contributed by atoms with Gasteiger partial charge in [-0.1, -0.05) is 12.1 Å². The van der Waals surface area contributed by atoms with Crippen molar-refractivity contribution in [3.63, 3.8) is 0 Å². The molecule has 5 nitrogen and oxygen atoms in total. The average Bonchev–Trinajstić information content (AvgIpc) is 2.68. The van der Waals surface area contributed by atoms with Crippen LogP contribution in [0.2, 0.25) is 0 Å². The standard InChI is InChI=1S/C13H18N4O.2ClH/c1-9(15-12(18)8-14-2)13-16-10-6-4-5-7-11(10)17(13)3;;/h4-7,9,14H,8H2,1-3H3,(H,15,18);2*1H. The van der Waals surface area contributed by atoms with E-state index in [2.05, 4.69) is 15.6 Å². The van der Waals surface area contributed by atoms with Crippen molar-refractivity contribution in [2.75, 3.05) is 13.6 Å². The van der Waals surface area contributed by atoms with Crippen LogP contribution in [0.3, 0.4) is 0 Å². The molecule has 0 spiro atoms. The molecule has 1 aromatic heterocycles. The highest BCUT2D eigenvalue weighted by Gasteiger charge is 2.15. The van der Waals surface area contributed by atoms with Gasteiger partial charge in [0.15, 0.2) is 0 Å². The summed E-state index contributed by atoms with van der Waals surface area (Å²) in [6, 6.07) is 7.83. The Balaban J connectivity index is 0.00000180. The SMILES string of the molecule is CNCC(=O)NC(C)c1nc2ccccc2n1C.Cl.Cl. The molecule has 0 radical (unpaired) electrons. The van der Waals surface area contributed by atoms with Crippen LogP contribution in [0.5, 0.6) is 0 Å². The number of hydrogen-bond donors (Lipinski definition) is 2. The molecule has 0 aliphatic heterocycles. The van der Waals surface area contributed by atoms with Gasteiger partial charge in [0.2, 0.25) is 5.91 Å². The second kappa shape index (κ2) is 8.09. The molecule has 2 N–H and O–H groups in total. The summed E-state index contributed by atoms with van der Waals surface area (Å²) in [6.07, 6.45) is 0. The second-order valence-corrected chi connectivity index (χ2v) is 4.34. The van der Waals surface area contributed by atoms with Gasteiger partial charge >= 0.3 is 0 Å². The van der Waals surface area contributed by atoms with Gasteiger partial charge < -0.3 is 15.2 Å². The topological polar surface area (TPSA) is 59.0 Å². The van der Waals surface area contributed by atoms with Gasteiger partial charge in [-0.3, -0.25) is 4.79 Å². The van der Waals surface area contributed by atoms with Gasteiger partial charge in [0.1, 0.15) is 5.82 Å². The number of fused-ring (bicyclic) bond motifs is 1. The number of likely N-dealkylation sites (N-methyl/N-ethyl adjacent to an activating group) is 1. The van der Waals surface area contributed by atoms with Gasteiger partial charge in [0.05, 0.1) is 23.6 Å². The highest BCUT2D eigenvalue weighted by molar-refractivity contribution is 5.85.